The maximum atomic E-state index is 10.6. The molecule has 0 spiro atoms. The molecule has 1 N–H and O–H groups in total. The Morgan fingerprint density at radius 1 is 0.567 bits per heavy atom. The normalized spacial score (nSPS) is 10.9. The van der Waals surface area contributed by atoms with Crippen molar-refractivity contribution in [2.45, 2.75) is 11.8 Å². The predicted octanol–water partition coefficient (Wildman–Crippen LogP) is 4.69. The minimum atomic E-state index is -4.03. The molecule has 4 aromatic carbocycles. The molecule has 0 unspecified atom stereocenters. The van der Waals surface area contributed by atoms with Crippen molar-refractivity contribution >= 4 is 34.0 Å². The number of hydrogen-bond donors (Lipinski definition) is 1. The second-order valence-corrected chi connectivity index (χ2v) is 10.2. The third-order valence-corrected chi connectivity index (χ3v) is 7.87. The van der Waals surface area contributed by atoms with Gasteiger partial charge in [-0.3, -0.25) is 4.55 Å². The molecule has 0 saturated carbocycles. The summed E-state index contributed by atoms with van der Waals surface area (Å²) in [5.41, 5.74) is 0.551. The lowest BCUT2D eigenvalue weighted by Crippen LogP contribution is -2.20. The standard InChI is InChI=1S/C18H15P.C7H8O3S/c1-4-10-16(11-5-1)19(17-12-6-2-7-13-17)18-14-8-3-9-15-18;1-6-4-2-3-5-7(6)11(8,9)10/h1-15H;2-5H,1H3,(H,8,9,10). The first-order valence-corrected chi connectivity index (χ1v) is 12.2. The van der Waals surface area contributed by atoms with Crippen LogP contribution < -0.4 is 15.9 Å². The zero-order valence-corrected chi connectivity index (χ0v) is 18.3. The average molecular weight is 434 g/mol. The molecule has 0 radical (unpaired) electrons. The van der Waals surface area contributed by atoms with E-state index in [1.165, 1.54) is 22.0 Å². The van der Waals surface area contributed by atoms with Gasteiger partial charge in [0.2, 0.25) is 0 Å². The maximum absolute atomic E-state index is 10.6. The van der Waals surface area contributed by atoms with Crippen LogP contribution in [0.15, 0.2) is 120 Å². The Bertz CT molecular complexity index is 1070. The van der Waals surface area contributed by atoms with Crippen molar-refractivity contribution in [3.05, 3.63) is 121 Å². The van der Waals surface area contributed by atoms with Crippen LogP contribution in [-0.4, -0.2) is 13.0 Å². The Morgan fingerprint density at radius 3 is 1.20 bits per heavy atom. The van der Waals surface area contributed by atoms with Crippen LogP contribution in [-0.2, 0) is 10.1 Å². The molecule has 4 aromatic rings. The van der Waals surface area contributed by atoms with E-state index in [4.69, 9.17) is 4.55 Å². The lowest BCUT2D eigenvalue weighted by Gasteiger charge is -2.18. The summed E-state index contributed by atoms with van der Waals surface area (Å²) in [5, 5.41) is 4.19. The van der Waals surface area contributed by atoms with Crippen molar-refractivity contribution in [1.82, 2.24) is 0 Å². The van der Waals surface area contributed by atoms with E-state index in [1.807, 2.05) is 0 Å². The molecule has 4 rings (SSSR count). The molecular formula is C25H23O3PS. The van der Waals surface area contributed by atoms with Crippen LogP contribution in [0.5, 0.6) is 0 Å². The van der Waals surface area contributed by atoms with Crippen molar-refractivity contribution in [3.8, 4) is 0 Å². The van der Waals surface area contributed by atoms with Crippen molar-refractivity contribution in [2.75, 3.05) is 0 Å². The van der Waals surface area contributed by atoms with Gasteiger partial charge in [-0.25, -0.2) is 0 Å². The summed E-state index contributed by atoms with van der Waals surface area (Å²) in [4.78, 5) is -0.0278. The first-order chi connectivity index (χ1) is 14.5. The molecule has 0 aliphatic heterocycles. The van der Waals surface area contributed by atoms with E-state index in [9.17, 15) is 8.42 Å². The fourth-order valence-corrected chi connectivity index (χ4v) is 6.05. The third-order valence-electron chi connectivity index (χ3n) is 4.41. The summed E-state index contributed by atoms with van der Waals surface area (Å²) in [6.07, 6.45) is 0. The zero-order chi connectivity index (χ0) is 21.4. The van der Waals surface area contributed by atoms with Gasteiger partial charge in [-0.1, -0.05) is 109 Å². The number of aryl methyl sites for hydroxylation is 1. The van der Waals surface area contributed by atoms with Crippen LogP contribution in [0.1, 0.15) is 5.56 Å². The van der Waals surface area contributed by atoms with E-state index in [1.54, 1.807) is 25.1 Å². The molecule has 3 nitrogen and oxygen atoms in total. The Balaban J connectivity index is 0.000000199. The van der Waals surface area contributed by atoms with E-state index < -0.39 is 18.0 Å². The monoisotopic (exact) mass is 434 g/mol. The van der Waals surface area contributed by atoms with Gasteiger partial charge < -0.3 is 0 Å². The fraction of sp³-hybridized carbons (Fsp3) is 0.0400. The minimum absolute atomic E-state index is 0.0278. The van der Waals surface area contributed by atoms with Crippen LogP contribution in [0.25, 0.3) is 0 Å². The molecule has 0 aliphatic rings. The van der Waals surface area contributed by atoms with Crippen molar-refractivity contribution in [3.63, 3.8) is 0 Å². The third kappa shape index (κ3) is 5.87. The average Bonchev–Trinajstić information content (AvgIpc) is 2.76. The fourth-order valence-electron chi connectivity index (χ4n) is 3.02. The van der Waals surface area contributed by atoms with E-state index in [0.717, 1.165) is 0 Å². The highest BCUT2D eigenvalue weighted by Gasteiger charge is 2.15. The molecule has 0 heterocycles. The second kappa shape index (κ2) is 10.3. The van der Waals surface area contributed by atoms with Crippen LogP contribution in [0.4, 0.5) is 0 Å². The van der Waals surface area contributed by atoms with Crippen LogP contribution in [0.2, 0.25) is 0 Å². The van der Waals surface area contributed by atoms with E-state index in [-0.39, 0.29) is 4.90 Å². The SMILES string of the molecule is Cc1ccccc1S(=O)(=O)O.c1ccc(P(c2ccccc2)c2ccccc2)cc1. The van der Waals surface area contributed by atoms with Gasteiger partial charge in [-0.05, 0) is 42.4 Å². The van der Waals surface area contributed by atoms with Gasteiger partial charge in [0.1, 0.15) is 0 Å². The van der Waals surface area contributed by atoms with E-state index in [2.05, 4.69) is 91.0 Å². The van der Waals surface area contributed by atoms with E-state index >= 15 is 0 Å². The summed E-state index contributed by atoms with van der Waals surface area (Å²) in [5.74, 6) is 0. The summed E-state index contributed by atoms with van der Waals surface area (Å²) in [6.45, 7) is 1.63. The maximum Gasteiger partial charge on any atom is 0.294 e. The van der Waals surface area contributed by atoms with Gasteiger partial charge >= 0.3 is 0 Å². The molecule has 0 aliphatic carbocycles. The Hall–Kier alpha value is -2.78. The molecule has 0 fully saturated rings. The lowest BCUT2D eigenvalue weighted by molar-refractivity contribution is 0.482. The molecule has 152 valence electrons. The van der Waals surface area contributed by atoms with Gasteiger partial charge in [0.05, 0.1) is 4.90 Å². The number of benzene rings is 4. The van der Waals surface area contributed by atoms with Crippen LogP contribution in [0, 0.1) is 6.92 Å². The predicted molar refractivity (Wildman–Crippen MR) is 126 cm³/mol. The molecule has 5 heteroatoms. The van der Waals surface area contributed by atoms with Crippen LogP contribution >= 0.6 is 7.92 Å². The van der Waals surface area contributed by atoms with Crippen molar-refractivity contribution in [2.24, 2.45) is 0 Å². The molecule has 0 bridgehead atoms. The van der Waals surface area contributed by atoms with E-state index in [0.29, 0.717) is 5.56 Å². The van der Waals surface area contributed by atoms with Crippen molar-refractivity contribution in [1.29, 1.82) is 0 Å². The highest BCUT2D eigenvalue weighted by Crippen LogP contribution is 2.32. The summed E-state index contributed by atoms with van der Waals surface area (Å²) in [6, 6.07) is 38.6. The quantitative estimate of drug-likeness (QED) is 0.375. The largest absolute Gasteiger partial charge is 0.294 e. The second-order valence-electron chi connectivity index (χ2n) is 6.58. The Kier molecular flexibility index (Phi) is 7.53. The van der Waals surface area contributed by atoms with Gasteiger partial charge in [-0.2, -0.15) is 8.42 Å². The molecule has 0 atom stereocenters. The Morgan fingerprint density at radius 2 is 0.900 bits per heavy atom. The highest BCUT2D eigenvalue weighted by atomic mass is 32.2. The lowest BCUT2D eigenvalue weighted by atomic mass is 10.2. The first kappa shape index (κ1) is 21.9. The van der Waals surface area contributed by atoms with Crippen LogP contribution in [0.3, 0.4) is 0 Å². The first-order valence-electron chi connectivity index (χ1n) is 9.45. The van der Waals surface area contributed by atoms with Gasteiger partial charge in [0.25, 0.3) is 10.1 Å². The molecule has 0 aromatic heterocycles. The van der Waals surface area contributed by atoms with Gasteiger partial charge in [-0.15, -0.1) is 0 Å². The molecular weight excluding hydrogens is 411 g/mol. The van der Waals surface area contributed by atoms with Gasteiger partial charge in [0, 0.05) is 0 Å². The molecule has 0 amide bonds. The number of rotatable bonds is 4. The summed E-state index contributed by atoms with van der Waals surface area (Å²) in [7, 11) is -4.48. The minimum Gasteiger partial charge on any atom is -0.282 e. The molecule has 0 saturated heterocycles. The highest BCUT2D eigenvalue weighted by molar-refractivity contribution is 7.85. The van der Waals surface area contributed by atoms with Crippen molar-refractivity contribution < 1.29 is 13.0 Å². The smallest absolute Gasteiger partial charge is 0.282 e. The topological polar surface area (TPSA) is 54.4 Å². The van der Waals surface area contributed by atoms with Gasteiger partial charge in [0.15, 0.2) is 0 Å². The summed E-state index contributed by atoms with van der Waals surface area (Å²) >= 11 is 0. The molecule has 30 heavy (non-hydrogen) atoms. The Labute approximate surface area is 179 Å². The summed E-state index contributed by atoms with van der Waals surface area (Å²) < 4.78 is 29.9. The zero-order valence-electron chi connectivity index (χ0n) is 16.6. The number of hydrogen-bond acceptors (Lipinski definition) is 2.